The lowest BCUT2D eigenvalue weighted by molar-refractivity contribution is -0.118. The molecule has 0 saturated carbocycles. The van der Waals surface area contributed by atoms with Crippen LogP contribution in [-0.4, -0.2) is 23.5 Å². The smallest absolute Gasteiger partial charge is 0.261 e. The van der Waals surface area contributed by atoms with Crippen LogP contribution in [-0.2, 0) is 11.2 Å². The second-order valence-corrected chi connectivity index (χ2v) is 7.69. The van der Waals surface area contributed by atoms with Crippen LogP contribution >= 0.6 is 11.6 Å². The zero-order valence-corrected chi connectivity index (χ0v) is 17.6. The molecule has 1 N–H and O–H groups in total. The van der Waals surface area contributed by atoms with Crippen LogP contribution in [0.3, 0.4) is 0 Å². The van der Waals surface area contributed by atoms with Crippen molar-refractivity contribution in [3.63, 3.8) is 0 Å². The van der Waals surface area contributed by atoms with Crippen LogP contribution in [0, 0.1) is 6.92 Å². The molecule has 30 heavy (non-hydrogen) atoms. The normalized spacial score (nSPS) is 13.3. The molecule has 2 heterocycles. The Kier molecular flexibility index (Phi) is 5.59. The Morgan fingerprint density at radius 1 is 1.23 bits per heavy atom. The first kappa shape index (κ1) is 20.2. The van der Waals surface area contributed by atoms with Gasteiger partial charge in [0.25, 0.3) is 5.91 Å². The van der Waals surface area contributed by atoms with Crippen molar-refractivity contribution in [3.05, 3.63) is 64.4 Å². The Hall–Kier alpha value is -3.12. The van der Waals surface area contributed by atoms with Crippen molar-refractivity contribution >= 4 is 34.8 Å². The molecule has 0 bridgehead atoms. The number of carbonyl (C=O) groups excluding carboxylic acids is 2. The minimum absolute atomic E-state index is 0.144. The molecule has 154 valence electrons. The van der Waals surface area contributed by atoms with Crippen LogP contribution < -0.4 is 10.2 Å². The summed E-state index contributed by atoms with van der Waals surface area (Å²) in [6, 6.07) is 12.8. The molecule has 1 aliphatic rings. The predicted octanol–water partition coefficient (Wildman–Crippen LogP) is 5.24. The van der Waals surface area contributed by atoms with E-state index in [-0.39, 0.29) is 11.8 Å². The van der Waals surface area contributed by atoms with Gasteiger partial charge in [0.1, 0.15) is 17.0 Å². The van der Waals surface area contributed by atoms with E-state index in [1.165, 1.54) is 0 Å². The van der Waals surface area contributed by atoms with Crippen LogP contribution in [0.4, 0.5) is 11.4 Å². The van der Waals surface area contributed by atoms with Crippen LogP contribution in [0.5, 0.6) is 0 Å². The number of aryl methyl sites for hydroxylation is 2. The molecule has 0 aliphatic carbocycles. The van der Waals surface area contributed by atoms with E-state index in [0.717, 1.165) is 17.7 Å². The molecule has 2 amide bonds. The Bertz CT molecular complexity index is 1120. The second kappa shape index (κ2) is 8.32. The van der Waals surface area contributed by atoms with Gasteiger partial charge in [-0.2, -0.15) is 0 Å². The molecule has 0 fully saturated rings. The highest BCUT2D eigenvalue weighted by atomic mass is 35.5. The van der Waals surface area contributed by atoms with Crippen LogP contribution in [0.1, 0.15) is 41.4 Å². The quantitative estimate of drug-likeness (QED) is 0.608. The molecular formula is C23H22ClN3O3. The summed E-state index contributed by atoms with van der Waals surface area (Å²) < 4.78 is 5.29. The molecule has 1 aliphatic heterocycles. The average Bonchev–Trinajstić information content (AvgIpc) is 3.12. The van der Waals surface area contributed by atoms with E-state index in [1.807, 2.05) is 42.2 Å². The minimum atomic E-state index is -0.319. The van der Waals surface area contributed by atoms with Crippen molar-refractivity contribution in [1.29, 1.82) is 0 Å². The van der Waals surface area contributed by atoms with Crippen LogP contribution in [0.2, 0.25) is 5.02 Å². The second-order valence-electron chi connectivity index (χ2n) is 7.29. The number of hydrogen-bond donors (Lipinski definition) is 1. The first-order valence-electron chi connectivity index (χ1n) is 9.95. The lowest BCUT2D eigenvalue weighted by Crippen LogP contribution is -2.35. The molecule has 4 rings (SSSR count). The van der Waals surface area contributed by atoms with Crippen molar-refractivity contribution in [2.75, 3.05) is 16.8 Å². The van der Waals surface area contributed by atoms with Gasteiger partial charge in [-0.1, -0.05) is 41.9 Å². The molecule has 2 aromatic carbocycles. The van der Waals surface area contributed by atoms with Crippen molar-refractivity contribution in [1.82, 2.24) is 5.16 Å². The summed E-state index contributed by atoms with van der Waals surface area (Å²) in [7, 11) is 0. The standard InChI is InChI=1S/C23H22ClN3O3/c1-3-12-27-19-10-9-16(13-15(19)8-11-20(27)28)25-23(29)21-14(2)30-26-22(21)17-6-4-5-7-18(17)24/h4-7,9-10,13H,3,8,11-12H2,1-2H3,(H,25,29). The first-order valence-corrected chi connectivity index (χ1v) is 10.3. The number of nitrogens with zero attached hydrogens (tertiary/aromatic N) is 2. The van der Waals surface area contributed by atoms with E-state index in [2.05, 4.69) is 10.5 Å². The number of hydrogen-bond acceptors (Lipinski definition) is 4. The molecule has 0 saturated heterocycles. The van der Waals surface area contributed by atoms with Gasteiger partial charge in [0.2, 0.25) is 5.91 Å². The zero-order chi connectivity index (χ0) is 21.3. The van der Waals surface area contributed by atoms with Gasteiger partial charge in [-0.3, -0.25) is 9.59 Å². The average molecular weight is 424 g/mol. The third-order valence-electron chi connectivity index (χ3n) is 5.20. The summed E-state index contributed by atoms with van der Waals surface area (Å²) in [5.41, 5.74) is 4.03. The number of nitrogens with one attached hydrogen (secondary N) is 1. The van der Waals surface area contributed by atoms with E-state index in [4.69, 9.17) is 16.1 Å². The Morgan fingerprint density at radius 2 is 2.03 bits per heavy atom. The maximum atomic E-state index is 13.1. The summed E-state index contributed by atoms with van der Waals surface area (Å²) in [4.78, 5) is 27.1. The number of aromatic nitrogens is 1. The molecular weight excluding hydrogens is 402 g/mol. The Balaban J connectivity index is 1.63. The fourth-order valence-corrected chi connectivity index (χ4v) is 4.00. The highest BCUT2D eigenvalue weighted by molar-refractivity contribution is 6.33. The third-order valence-corrected chi connectivity index (χ3v) is 5.53. The van der Waals surface area contributed by atoms with E-state index in [0.29, 0.717) is 52.7 Å². The summed E-state index contributed by atoms with van der Waals surface area (Å²) in [5.74, 6) is 0.242. The fourth-order valence-electron chi connectivity index (χ4n) is 3.78. The number of benzene rings is 2. The molecule has 7 heteroatoms. The maximum Gasteiger partial charge on any atom is 0.261 e. The molecule has 1 aromatic heterocycles. The molecule has 0 atom stereocenters. The lowest BCUT2D eigenvalue weighted by Gasteiger charge is -2.29. The summed E-state index contributed by atoms with van der Waals surface area (Å²) in [6.45, 7) is 4.44. The number of carbonyl (C=O) groups is 2. The monoisotopic (exact) mass is 423 g/mol. The number of fused-ring (bicyclic) bond motifs is 1. The van der Waals surface area contributed by atoms with Crippen molar-refractivity contribution in [2.24, 2.45) is 0 Å². The summed E-state index contributed by atoms with van der Waals surface area (Å²) in [6.07, 6.45) is 2.03. The zero-order valence-electron chi connectivity index (χ0n) is 16.9. The largest absolute Gasteiger partial charge is 0.360 e. The van der Waals surface area contributed by atoms with Gasteiger partial charge in [0.05, 0.1) is 5.02 Å². The predicted molar refractivity (Wildman–Crippen MR) is 117 cm³/mol. The van der Waals surface area contributed by atoms with Crippen molar-refractivity contribution in [2.45, 2.75) is 33.1 Å². The molecule has 0 spiro atoms. The number of rotatable bonds is 5. The van der Waals surface area contributed by atoms with Gasteiger partial charge >= 0.3 is 0 Å². The Labute approximate surface area is 179 Å². The van der Waals surface area contributed by atoms with E-state index in [9.17, 15) is 9.59 Å². The lowest BCUT2D eigenvalue weighted by atomic mass is 10.00. The SMILES string of the molecule is CCCN1C(=O)CCc2cc(NC(=O)c3c(-c4ccccc4Cl)noc3C)ccc21. The van der Waals surface area contributed by atoms with Gasteiger partial charge in [-0.15, -0.1) is 0 Å². The Morgan fingerprint density at radius 3 is 2.80 bits per heavy atom. The minimum Gasteiger partial charge on any atom is -0.360 e. The van der Waals surface area contributed by atoms with E-state index in [1.54, 1.807) is 19.1 Å². The van der Waals surface area contributed by atoms with Gasteiger partial charge in [0, 0.05) is 29.9 Å². The van der Waals surface area contributed by atoms with Gasteiger partial charge in [-0.25, -0.2) is 0 Å². The fraction of sp³-hybridized carbons (Fsp3) is 0.261. The summed E-state index contributed by atoms with van der Waals surface area (Å²) >= 11 is 6.29. The number of anilines is 2. The first-order chi connectivity index (χ1) is 14.5. The van der Waals surface area contributed by atoms with Crippen LogP contribution in [0.25, 0.3) is 11.3 Å². The highest BCUT2D eigenvalue weighted by Crippen LogP contribution is 2.33. The number of halogens is 1. The topological polar surface area (TPSA) is 75.4 Å². The highest BCUT2D eigenvalue weighted by Gasteiger charge is 2.25. The van der Waals surface area contributed by atoms with Crippen LogP contribution in [0.15, 0.2) is 47.0 Å². The molecule has 6 nitrogen and oxygen atoms in total. The number of amides is 2. The molecule has 3 aromatic rings. The van der Waals surface area contributed by atoms with Gasteiger partial charge in [0.15, 0.2) is 0 Å². The van der Waals surface area contributed by atoms with Gasteiger partial charge < -0.3 is 14.7 Å². The maximum absolute atomic E-state index is 13.1. The van der Waals surface area contributed by atoms with E-state index >= 15 is 0 Å². The third kappa shape index (κ3) is 3.71. The van der Waals surface area contributed by atoms with Gasteiger partial charge in [-0.05, 0) is 49.6 Å². The molecule has 0 radical (unpaired) electrons. The molecule has 0 unspecified atom stereocenters. The van der Waals surface area contributed by atoms with Crippen molar-refractivity contribution < 1.29 is 14.1 Å². The summed E-state index contributed by atoms with van der Waals surface area (Å²) in [5, 5.41) is 7.49. The van der Waals surface area contributed by atoms with Crippen molar-refractivity contribution in [3.8, 4) is 11.3 Å². The van der Waals surface area contributed by atoms with E-state index < -0.39 is 0 Å².